The van der Waals surface area contributed by atoms with Gasteiger partial charge in [-0.05, 0) is 92.5 Å². The molecule has 1 N–H and O–H groups in total. The number of likely N-dealkylation sites (tertiary alicyclic amines) is 1. The standard InChI is InChI=1S/C27H31FN2O4S/c1-18-9-10-23(35(32,33)34)14-24(18)25-15-26(31)30(22-8-4-7-21(28)13-22)27(25)11-12-29(19(2)16-27)17-20-5-3-6-20/h4,7-10,13-15,19-20H,3,5-6,11-12,16-17H2,1-2H3,(H,32,33,34). The van der Waals surface area contributed by atoms with E-state index in [1.807, 2.05) is 6.92 Å². The molecule has 0 aromatic heterocycles. The second kappa shape index (κ2) is 8.84. The molecule has 2 aromatic rings. The van der Waals surface area contributed by atoms with Crippen LogP contribution in [-0.2, 0) is 14.9 Å². The number of rotatable bonds is 5. The molecule has 2 unspecified atom stereocenters. The van der Waals surface area contributed by atoms with Gasteiger partial charge in [0.1, 0.15) is 5.82 Å². The van der Waals surface area contributed by atoms with E-state index in [2.05, 4.69) is 11.8 Å². The topological polar surface area (TPSA) is 77.9 Å². The zero-order valence-corrected chi connectivity index (χ0v) is 20.9. The fourth-order valence-electron chi connectivity index (χ4n) is 6.02. The predicted molar refractivity (Wildman–Crippen MR) is 133 cm³/mol. The maximum absolute atomic E-state index is 14.2. The first kappa shape index (κ1) is 24.2. The summed E-state index contributed by atoms with van der Waals surface area (Å²) in [6, 6.07) is 10.7. The summed E-state index contributed by atoms with van der Waals surface area (Å²) in [5.74, 6) is 0.0561. The molecule has 2 aromatic carbocycles. The van der Waals surface area contributed by atoms with Gasteiger partial charge in [0.05, 0.1) is 10.4 Å². The number of anilines is 1. The van der Waals surface area contributed by atoms with Gasteiger partial charge in [-0.1, -0.05) is 18.6 Å². The number of halogens is 1. The number of carbonyl (C=O) groups excluding carboxylic acids is 1. The van der Waals surface area contributed by atoms with Crippen LogP contribution >= 0.6 is 0 Å². The number of aryl methyl sites for hydroxylation is 1. The Hall–Kier alpha value is -2.55. The number of nitrogens with zero attached hydrogens (tertiary/aromatic N) is 2. The summed E-state index contributed by atoms with van der Waals surface area (Å²) in [6.45, 7) is 5.86. The first-order valence-corrected chi connectivity index (χ1v) is 13.7. The first-order chi connectivity index (χ1) is 16.6. The monoisotopic (exact) mass is 498 g/mol. The third-order valence-corrected chi connectivity index (χ3v) is 8.92. The van der Waals surface area contributed by atoms with Crippen LogP contribution in [0.15, 0.2) is 53.4 Å². The van der Waals surface area contributed by atoms with E-state index in [0.29, 0.717) is 24.1 Å². The molecule has 1 aliphatic carbocycles. The molecule has 1 saturated carbocycles. The second-order valence-electron chi connectivity index (χ2n) is 10.3. The van der Waals surface area contributed by atoms with Crippen molar-refractivity contribution >= 4 is 27.3 Å². The van der Waals surface area contributed by atoms with Gasteiger partial charge >= 0.3 is 0 Å². The second-order valence-corrected chi connectivity index (χ2v) is 11.7. The third-order valence-electron chi connectivity index (χ3n) is 8.07. The highest BCUT2D eigenvalue weighted by Crippen LogP contribution is 2.50. The lowest BCUT2D eigenvalue weighted by Crippen LogP contribution is -2.58. The maximum Gasteiger partial charge on any atom is 0.294 e. The number of benzene rings is 2. The predicted octanol–water partition coefficient (Wildman–Crippen LogP) is 4.83. The summed E-state index contributed by atoms with van der Waals surface area (Å²) in [6.07, 6.45) is 6.66. The Morgan fingerprint density at radius 1 is 1.17 bits per heavy atom. The van der Waals surface area contributed by atoms with E-state index in [1.165, 1.54) is 43.5 Å². The lowest BCUT2D eigenvalue weighted by Gasteiger charge is -2.51. The van der Waals surface area contributed by atoms with Gasteiger partial charge in [-0.3, -0.25) is 14.2 Å². The molecule has 8 heteroatoms. The van der Waals surface area contributed by atoms with E-state index in [4.69, 9.17) is 0 Å². The summed E-state index contributed by atoms with van der Waals surface area (Å²) < 4.78 is 47.7. The average molecular weight is 499 g/mol. The van der Waals surface area contributed by atoms with E-state index in [0.717, 1.165) is 30.1 Å². The van der Waals surface area contributed by atoms with Crippen molar-refractivity contribution in [3.8, 4) is 0 Å². The van der Waals surface area contributed by atoms with Crippen molar-refractivity contribution in [1.82, 2.24) is 4.90 Å². The molecular formula is C27H31FN2O4S. The first-order valence-electron chi connectivity index (χ1n) is 12.2. The average Bonchev–Trinajstić information content (AvgIpc) is 3.02. The lowest BCUT2D eigenvalue weighted by atomic mass is 9.74. The summed E-state index contributed by atoms with van der Waals surface area (Å²) in [5.41, 5.74) is 1.89. The highest BCUT2D eigenvalue weighted by molar-refractivity contribution is 7.85. The van der Waals surface area contributed by atoms with Crippen molar-refractivity contribution in [2.45, 2.75) is 62.4 Å². The van der Waals surface area contributed by atoms with E-state index < -0.39 is 21.5 Å². The minimum atomic E-state index is -4.41. The highest BCUT2D eigenvalue weighted by Gasteiger charge is 2.52. The molecule has 1 amide bonds. The van der Waals surface area contributed by atoms with E-state index in [-0.39, 0.29) is 16.8 Å². The molecule has 3 aliphatic rings. The van der Waals surface area contributed by atoms with Crippen molar-refractivity contribution in [1.29, 1.82) is 0 Å². The van der Waals surface area contributed by atoms with Crippen LogP contribution < -0.4 is 4.90 Å². The molecule has 0 bridgehead atoms. The number of amides is 1. The molecule has 2 heterocycles. The van der Waals surface area contributed by atoms with Crippen LogP contribution in [0.3, 0.4) is 0 Å². The number of piperidine rings is 1. The van der Waals surface area contributed by atoms with Crippen LogP contribution in [0.5, 0.6) is 0 Å². The summed E-state index contributed by atoms with van der Waals surface area (Å²) in [7, 11) is -4.41. The van der Waals surface area contributed by atoms with Crippen molar-refractivity contribution in [3.63, 3.8) is 0 Å². The van der Waals surface area contributed by atoms with Gasteiger partial charge in [0.25, 0.3) is 16.0 Å². The minimum Gasteiger partial charge on any atom is -0.300 e. The van der Waals surface area contributed by atoms with Gasteiger partial charge in [0.2, 0.25) is 0 Å². The van der Waals surface area contributed by atoms with E-state index >= 15 is 0 Å². The van der Waals surface area contributed by atoms with Crippen molar-refractivity contribution < 1.29 is 22.2 Å². The molecule has 2 fully saturated rings. The molecule has 35 heavy (non-hydrogen) atoms. The minimum absolute atomic E-state index is 0.180. The smallest absolute Gasteiger partial charge is 0.294 e. The Bertz CT molecular complexity index is 1300. The third kappa shape index (κ3) is 4.32. The van der Waals surface area contributed by atoms with Crippen molar-refractivity contribution in [3.05, 3.63) is 65.5 Å². The summed E-state index contributed by atoms with van der Waals surface area (Å²) in [5, 5.41) is 0. The van der Waals surface area contributed by atoms with Gasteiger partial charge in [0.15, 0.2) is 0 Å². The number of carbonyl (C=O) groups is 1. The molecule has 2 aliphatic heterocycles. The summed E-state index contributed by atoms with van der Waals surface area (Å²) in [4.78, 5) is 17.5. The Morgan fingerprint density at radius 3 is 2.57 bits per heavy atom. The molecule has 1 spiro atoms. The molecular weight excluding hydrogens is 467 g/mol. The van der Waals surface area contributed by atoms with Crippen LogP contribution in [0.25, 0.3) is 5.57 Å². The largest absolute Gasteiger partial charge is 0.300 e. The van der Waals surface area contributed by atoms with Crippen LogP contribution in [0.4, 0.5) is 10.1 Å². The van der Waals surface area contributed by atoms with Crippen LogP contribution in [0, 0.1) is 18.7 Å². The Morgan fingerprint density at radius 2 is 1.94 bits per heavy atom. The van der Waals surface area contributed by atoms with Gasteiger partial charge in [-0.25, -0.2) is 4.39 Å². The van der Waals surface area contributed by atoms with Crippen molar-refractivity contribution in [2.75, 3.05) is 18.0 Å². The Balaban J connectivity index is 1.60. The van der Waals surface area contributed by atoms with Gasteiger partial charge in [-0.2, -0.15) is 8.42 Å². The molecule has 5 rings (SSSR count). The highest BCUT2D eigenvalue weighted by atomic mass is 32.2. The molecule has 1 saturated heterocycles. The fourth-order valence-corrected chi connectivity index (χ4v) is 6.53. The van der Waals surface area contributed by atoms with E-state index in [1.54, 1.807) is 29.2 Å². The molecule has 186 valence electrons. The quantitative estimate of drug-likeness (QED) is 0.598. The molecule has 0 radical (unpaired) electrons. The van der Waals surface area contributed by atoms with Gasteiger partial charge in [-0.15, -0.1) is 0 Å². The summed E-state index contributed by atoms with van der Waals surface area (Å²) >= 11 is 0. The van der Waals surface area contributed by atoms with Crippen LogP contribution in [-0.4, -0.2) is 48.4 Å². The zero-order valence-electron chi connectivity index (χ0n) is 20.1. The molecule has 2 atom stereocenters. The van der Waals surface area contributed by atoms with Crippen molar-refractivity contribution in [2.24, 2.45) is 5.92 Å². The molecule has 6 nitrogen and oxygen atoms in total. The zero-order chi connectivity index (χ0) is 25.0. The SMILES string of the molecule is Cc1ccc(S(=O)(=O)O)cc1C1=CC(=O)N(c2cccc(F)c2)C12CCN(CC1CCC1)C(C)C2. The Kier molecular flexibility index (Phi) is 6.10. The number of hydrogen-bond acceptors (Lipinski definition) is 4. The number of hydrogen-bond donors (Lipinski definition) is 1. The van der Waals surface area contributed by atoms with Crippen LogP contribution in [0.1, 0.15) is 50.2 Å². The Labute approximate surface area is 206 Å². The normalized spacial score (nSPS) is 25.7. The van der Waals surface area contributed by atoms with Gasteiger partial charge in [0, 0.05) is 30.9 Å². The van der Waals surface area contributed by atoms with Gasteiger partial charge < -0.3 is 4.90 Å². The fraction of sp³-hybridized carbons (Fsp3) is 0.444. The maximum atomic E-state index is 14.2. The van der Waals surface area contributed by atoms with Crippen LogP contribution in [0.2, 0.25) is 0 Å². The lowest BCUT2D eigenvalue weighted by molar-refractivity contribution is -0.114. The van der Waals surface area contributed by atoms with E-state index in [9.17, 15) is 22.2 Å².